The van der Waals surface area contributed by atoms with Crippen molar-refractivity contribution in [3.8, 4) is 11.5 Å². The van der Waals surface area contributed by atoms with Crippen LogP contribution in [-0.2, 0) is 0 Å². The smallest absolute Gasteiger partial charge is 0.247 e. The van der Waals surface area contributed by atoms with Crippen molar-refractivity contribution in [2.75, 3.05) is 5.32 Å². The summed E-state index contributed by atoms with van der Waals surface area (Å²) in [6.07, 6.45) is 0. The number of nitrogens with one attached hydrogen (secondary N) is 1. The number of benzene rings is 3. The third-order valence-corrected chi connectivity index (χ3v) is 5.13. The van der Waals surface area contributed by atoms with Crippen molar-refractivity contribution >= 4 is 17.3 Å². The molecule has 29 heavy (non-hydrogen) atoms. The predicted octanol–water partition coefficient (Wildman–Crippen LogP) is 6.35. The van der Waals surface area contributed by atoms with E-state index in [1.54, 1.807) is 6.07 Å². The van der Waals surface area contributed by atoms with Gasteiger partial charge >= 0.3 is 0 Å². The van der Waals surface area contributed by atoms with Crippen LogP contribution in [0.4, 0.5) is 10.1 Å². The normalized spacial score (nSPS) is 12.0. The SMILES string of the molecule is Cc1ccc(N[C@H](c2nnc(-c3ccccc3)o2)c2ccc(F)cc2Cl)cc1C. The summed E-state index contributed by atoms with van der Waals surface area (Å²) in [7, 11) is 0. The molecule has 4 rings (SSSR count). The summed E-state index contributed by atoms with van der Waals surface area (Å²) in [5.41, 5.74) is 4.68. The molecular weight excluding hydrogens is 389 g/mol. The summed E-state index contributed by atoms with van der Waals surface area (Å²) >= 11 is 6.35. The number of halogens is 2. The molecule has 0 spiro atoms. The van der Waals surface area contributed by atoms with E-state index < -0.39 is 11.9 Å². The molecule has 0 aliphatic rings. The molecule has 6 heteroatoms. The van der Waals surface area contributed by atoms with E-state index in [-0.39, 0.29) is 5.02 Å². The molecule has 0 amide bonds. The molecule has 4 nitrogen and oxygen atoms in total. The Morgan fingerprint density at radius 3 is 2.45 bits per heavy atom. The summed E-state index contributed by atoms with van der Waals surface area (Å²) in [5, 5.41) is 12.1. The van der Waals surface area contributed by atoms with Crippen molar-refractivity contribution in [3.05, 3.63) is 100 Å². The first kappa shape index (κ1) is 19.2. The van der Waals surface area contributed by atoms with Gasteiger partial charge in [-0.2, -0.15) is 0 Å². The number of nitrogens with zero attached hydrogens (tertiary/aromatic N) is 2. The minimum absolute atomic E-state index is 0.283. The Kier molecular flexibility index (Phi) is 5.32. The van der Waals surface area contributed by atoms with Gasteiger partial charge in [-0.25, -0.2) is 4.39 Å². The number of aromatic nitrogens is 2. The lowest BCUT2D eigenvalue weighted by molar-refractivity contribution is 0.494. The quantitative estimate of drug-likeness (QED) is 0.419. The second-order valence-electron chi connectivity index (χ2n) is 6.85. The molecule has 0 bridgehead atoms. The van der Waals surface area contributed by atoms with Gasteiger partial charge in [-0.3, -0.25) is 0 Å². The lowest BCUT2D eigenvalue weighted by Gasteiger charge is -2.19. The summed E-state index contributed by atoms with van der Waals surface area (Å²) in [6, 6.07) is 19.3. The fraction of sp³-hybridized carbons (Fsp3) is 0.130. The van der Waals surface area contributed by atoms with Crippen molar-refractivity contribution in [1.82, 2.24) is 10.2 Å². The fourth-order valence-corrected chi connectivity index (χ4v) is 3.33. The zero-order valence-electron chi connectivity index (χ0n) is 16.0. The molecule has 3 aromatic carbocycles. The summed E-state index contributed by atoms with van der Waals surface area (Å²) in [4.78, 5) is 0. The molecule has 0 fully saturated rings. The van der Waals surface area contributed by atoms with Gasteiger partial charge in [0.15, 0.2) is 0 Å². The molecule has 0 aliphatic carbocycles. The molecule has 1 aromatic heterocycles. The lowest BCUT2D eigenvalue weighted by Crippen LogP contribution is -2.14. The molecular formula is C23H19ClFN3O. The van der Waals surface area contributed by atoms with Crippen LogP contribution >= 0.6 is 11.6 Å². The predicted molar refractivity (Wildman–Crippen MR) is 113 cm³/mol. The lowest BCUT2D eigenvalue weighted by atomic mass is 10.0. The van der Waals surface area contributed by atoms with Gasteiger partial charge in [0.1, 0.15) is 11.9 Å². The highest BCUT2D eigenvalue weighted by molar-refractivity contribution is 6.31. The first-order valence-electron chi connectivity index (χ1n) is 9.19. The molecule has 1 atom stereocenters. The third kappa shape index (κ3) is 4.15. The second-order valence-corrected chi connectivity index (χ2v) is 7.26. The number of anilines is 1. The van der Waals surface area contributed by atoms with Crippen LogP contribution in [0.5, 0.6) is 0 Å². The van der Waals surface area contributed by atoms with Crippen molar-refractivity contribution in [3.63, 3.8) is 0 Å². The van der Waals surface area contributed by atoms with Crippen LogP contribution in [0.15, 0.2) is 71.1 Å². The third-order valence-electron chi connectivity index (χ3n) is 4.80. The Bertz CT molecular complexity index is 1140. The maximum atomic E-state index is 13.6. The topological polar surface area (TPSA) is 51.0 Å². The highest BCUT2D eigenvalue weighted by atomic mass is 35.5. The monoisotopic (exact) mass is 407 g/mol. The van der Waals surface area contributed by atoms with E-state index in [9.17, 15) is 4.39 Å². The molecule has 0 saturated carbocycles. The zero-order valence-corrected chi connectivity index (χ0v) is 16.7. The molecule has 4 aromatic rings. The molecule has 0 radical (unpaired) electrons. The van der Waals surface area contributed by atoms with E-state index in [1.807, 2.05) is 55.5 Å². The van der Waals surface area contributed by atoms with E-state index in [2.05, 4.69) is 22.4 Å². The largest absolute Gasteiger partial charge is 0.418 e. The number of aryl methyl sites for hydroxylation is 2. The van der Waals surface area contributed by atoms with Crippen LogP contribution in [-0.4, -0.2) is 10.2 Å². The Hall–Kier alpha value is -3.18. The summed E-state index contributed by atoms with van der Waals surface area (Å²) < 4.78 is 19.6. The van der Waals surface area contributed by atoms with Crippen molar-refractivity contribution in [1.29, 1.82) is 0 Å². The maximum absolute atomic E-state index is 13.6. The van der Waals surface area contributed by atoms with E-state index in [0.29, 0.717) is 17.3 Å². The number of hydrogen-bond acceptors (Lipinski definition) is 4. The van der Waals surface area contributed by atoms with Crippen LogP contribution in [0.1, 0.15) is 28.6 Å². The van der Waals surface area contributed by atoms with Gasteiger partial charge in [0.2, 0.25) is 11.8 Å². The van der Waals surface area contributed by atoms with Gasteiger partial charge in [0.05, 0.1) is 0 Å². The van der Waals surface area contributed by atoms with Gasteiger partial charge in [-0.05, 0) is 61.4 Å². The Morgan fingerprint density at radius 2 is 1.72 bits per heavy atom. The van der Waals surface area contributed by atoms with Crippen molar-refractivity contribution < 1.29 is 8.81 Å². The van der Waals surface area contributed by atoms with Gasteiger partial charge in [0, 0.05) is 21.8 Å². The van der Waals surface area contributed by atoms with Crippen LogP contribution in [0, 0.1) is 19.7 Å². The first-order chi connectivity index (χ1) is 14.0. The maximum Gasteiger partial charge on any atom is 0.247 e. The van der Waals surface area contributed by atoms with E-state index in [0.717, 1.165) is 16.8 Å². The van der Waals surface area contributed by atoms with Crippen LogP contribution < -0.4 is 5.32 Å². The molecule has 0 saturated heterocycles. The standard InChI is InChI=1S/C23H19ClFN3O/c1-14-8-10-18(12-15(14)2)26-21(19-11-9-17(25)13-20(19)24)23-28-27-22(29-23)16-6-4-3-5-7-16/h3-13,21,26H,1-2H3/t21-/m0/s1. The summed E-state index contributed by atoms with van der Waals surface area (Å²) in [5.74, 6) is 0.348. The molecule has 146 valence electrons. The highest BCUT2D eigenvalue weighted by Gasteiger charge is 2.24. The Labute approximate surface area is 173 Å². The second kappa shape index (κ2) is 8.05. The first-order valence-corrected chi connectivity index (χ1v) is 9.56. The zero-order chi connectivity index (χ0) is 20.4. The molecule has 1 N–H and O–H groups in total. The Morgan fingerprint density at radius 1 is 0.931 bits per heavy atom. The van der Waals surface area contributed by atoms with Crippen LogP contribution in [0.3, 0.4) is 0 Å². The van der Waals surface area contributed by atoms with Gasteiger partial charge in [-0.15, -0.1) is 10.2 Å². The molecule has 0 aliphatic heterocycles. The summed E-state index contributed by atoms with van der Waals surface area (Å²) in [6.45, 7) is 4.10. The van der Waals surface area contributed by atoms with Crippen molar-refractivity contribution in [2.45, 2.75) is 19.9 Å². The van der Waals surface area contributed by atoms with Gasteiger partial charge < -0.3 is 9.73 Å². The van der Waals surface area contributed by atoms with Gasteiger partial charge in [-0.1, -0.05) is 41.9 Å². The highest BCUT2D eigenvalue weighted by Crippen LogP contribution is 2.33. The molecule has 1 heterocycles. The van der Waals surface area contributed by atoms with Crippen LogP contribution in [0.2, 0.25) is 5.02 Å². The molecule has 0 unspecified atom stereocenters. The fourth-order valence-electron chi connectivity index (χ4n) is 3.05. The number of hydrogen-bond donors (Lipinski definition) is 1. The van der Waals surface area contributed by atoms with Crippen LogP contribution in [0.25, 0.3) is 11.5 Å². The minimum atomic E-state index is -0.532. The van der Waals surface area contributed by atoms with E-state index >= 15 is 0 Å². The van der Waals surface area contributed by atoms with Crippen molar-refractivity contribution in [2.24, 2.45) is 0 Å². The minimum Gasteiger partial charge on any atom is -0.418 e. The van der Waals surface area contributed by atoms with Gasteiger partial charge in [0.25, 0.3) is 0 Å². The average molecular weight is 408 g/mol. The average Bonchev–Trinajstić information content (AvgIpc) is 3.20. The van der Waals surface area contributed by atoms with E-state index in [1.165, 1.54) is 17.7 Å². The van der Waals surface area contributed by atoms with E-state index in [4.69, 9.17) is 16.0 Å². The number of rotatable bonds is 5. The Balaban J connectivity index is 1.76.